The Kier molecular flexibility index (Phi) is 4.86. The van der Waals surface area contributed by atoms with Crippen molar-refractivity contribution >= 4 is 11.6 Å². The lowest BCUT2D eigenvalue weighted by molar-refractivity contribution is 0.0854. The molecule has 0 radical (unpaired) electrons. The van der Waals surface area contributed by atoms with E-state index in [1.807, 2.05) is 6.92 Å². The molecule has 17 heavy (non-hydrogen) atoms. The third-order valence-electron chi connectivity index (χ3n) is 3.01. The van der Waals surface area contributed by atoms with E-state index in [4.69, 9.17) is 17.3 Å². The second kappa shape index (κ2) is 5.76. The van der Waals surface area contributed by atoms with Crippen LogP contribution in [0, 0.1) is 17.6 Å². The normalized spacial score (nSPS) is 16.6. The maximum absolute atomic E-state index is 13.7. The van der Waals surface area contributed by atoms with Gasteiger partial charge in [0.15, 0.2) is 0 Å². The molecule has 0 saturated carbocycles. The van der Waals surface area contributed by atoms with Crippen LogP contribution in [0.2, 0.25) is 5.02 Å². The molecule has 1 rings (SSSR count). The average Bonchev–Trinajstić information content (AvgIpc) is 2.32. The lowest BCUT2D eigenvalue weighted by Crippen LogP contribution is -2.33. The molecule has 0 heterocycles. The van der Waals surface area contributed by atoms with Crippen LogP contribution in [0.25, 0.3) is 0 Å². The average molecular weight is 264 g/mol. The van der Waals surface area contributed by atoms with Gasteiger partial charge in [0.05, 0.1) is 17.2 Å². The molecule has 1 unspecified atom stereocenters. The minimum atomic E-state index is -1.12. The summed E-state index contributed by atoms with van der Waals surface area (Å²) in [5.74, 6) is -1.84. The molecule has 1 aromatic carbocycles. The van der Waals surface area contributed by atoms with E-state index < -0.39 is 23.8 Å². The van der Waals surface area contributed by atoms with Crippen molar-refractivity contribution in [1.29, 1.82) is 0 Å². The van der Waals surface area contributed by atoms with Crippen LogP contribution in [0.5, 0.6) is 0 Å². The first-order valence-corrected chi connectivity index (χ1v) is 5.85. The SMILES string of the molecule is CCC(C)[C@@H](O)[C@@H](N)c1c(F)ccc(Cl)c1F. The highest BCUT2D eigenvalue weighted by Crippen LogP contribution is 2.29. The first-order valence-electron chi connectivity index (χ1n) is 5.47. The number of rotatable bonds is 4. The molecule has 0 aliphatic carbocycles. The Morgan fingerprint density at radius 3 is 2.53 bits per heavy atom. The molecule has 0 aromatic heterocycles. The predicted octanol–water partition coefficient (Wildman–Crippen LogP) is 3.03. The van der Waals surface area contributed by atoms with E-state index in [0.717, 1.165) is 12.1 Å². The second-order valence-corrected chi connectivity index (χ2v) is 4.57. The van der Waals surface area contributed by atoms with Gasteiger partial charge in [-0.3, -0.25) is 0 Å². The number of aliphatic hydroxyl groups excluding tert-OH is 1. The topological polar surface area (TPSA) is 46.2 Å². The number of aliphatic hydroxyl groups is 1. The monoisotopic (exact) mass is 263 g/mol. The highest BCUT2D eigenvalue weighted by Gasteiger charge is 2.27. The largest absolute Gasteiger partial charge is 0.391 e. The Morgan fingerprint density at radius 1 is 1.41 bits per heavy atom. The molecule has 96 valence electrons. The van der Waals surface area contributed by atoms with Crippen LogP contribution in [-0.2, 0) is 0 Å². The van der Waals surface area contributed by atoms with Gasteiger partial charge in [0.1, 0.15) is 11.6 Å². The van der Waals surface area contributed by atoms with Crippen molar-refractivity contribution in [3.63, 3.8) is 0 Å². The van der Waals surface area contributed by atoms with Crippen LogP contribution in [0.15, 0.2) is 12.1 Å². The molecule has 0 saturated heterocycles. The summed E-state index contributed by atoms with van der Waals surface area (Å²) in [4.78, 5) is 0. The summed E-state index contributed by atoms with van der Waals surface area (Å²) in [5.41, 5.74) is 5.34. The Labute approximate surface area is 104 Å². The van der Waals surface area contributed by atoms with E-state index in [2.05, 4.69) is 0 Å². The Morgan fingerprint density at radius 2 is 2.00 bits per heavy atom. The maximum Gasteiger partial charge on any atom is 0.149 e. The maximum atomic E-state index is 13.7. The zero-order valence-corrected chi connectivity index (χ0v) is 10.5. The van der Waals surface area contributed by atoms with Crippen LogP contribution in [0.3, 0.4) is 0 Å². The lowest BCUT2D eigenvalue weighted by Gasteiger charge is -2.25. The van der Waals surface area contributed by atoms with Crippen molar-refractivity contribution in [2.24, 2.45) is 11.7 Å². The molecule has 2 nitrogen and oxygen atoms in total. The standard InChI is InChI=1S/C12H16ClF2NO/c1-3-6(2)12(17)11(16)9-8(14)5-4-7(13)10(9)15/h4-6,11-12,17H,3,16H2,1-2H3/t6?,11-,12+/m0/s1. The molecule has 0 amide bonds. The van der Waals surface area contributed by atoms with Crippen molar-refractivity contribution in [2.75, 3.05) is 0 Å². The molecule has 5 heteroatoms. The molecule has 0 aliphatic heterocycles. The second-order valence-electron chi connectivity index (χ2n) is 4.16. The summed E-state index contributed by atoms with van der Waals surface area (Å²) in [7, 11) is 0. The fraction of sp³-hybridized carbons (Fsp3) is 0.500. The Hall–Kier alpha value is -0.710. The van der Waals surface area contributed by atoms with Gasteiger partial charge in [0.2, 0.25) is 0 Å². The van der Waals surface area contributed by atoms with Crippen LogP contribution in [0.1, 0.15) is 31.9 Å². The van der Waals surface area contributed by atoms with Crippen LogP contribution in [0.4, 0.5) is 8.78 Å². The van der Waals surface area contributed by atoms with Gasteiger partial charge in [0, 0.05) is 5.56 Å². The molecule has 3 N–H and O–H groups in total. The van der Waals surface area contributed by atoms with Gasteiger partial charge in [-0.05, 0) is 18.1 Å². The zero-order valence-electron chi connectivity index (χ0n) is 9.75. The highest BCUT2D eigenvalue weighted by atomic mass is 35.5. The summed E-state index contributed by atoms with van der Waals surface area (Å²) < 4.78 is 27.2. The zero-order chi connectivity index (χ0) is 13.2. The predicted molar refractivity (Wildman–Crippen MR) is 63.8 cm³/mol. The molecular formula is C12H16ClF2NO. The van der Waals surface area contributed by atoms with Crippen molar-refractivity contribution in [3.8, 4) is 0 Å². The molecular weight excluding hydrogens is 248 g/mol. The van der Waals surface area contributed by atoms with E-state index in [-0.39, 0.29) is 16.5 Å². The smallest absolute Gasteiger partial charge is 0.149 e. The van der Waals surface area contributed by atoms with Crippen LogP contribution < -0.4 is 5.73 Å². The van der Waals surface area contributed by atoms with E-state index in [0.29, 0.717) is 6.42 Å². The number of nitrogens with two attached hydrogens (primary N) is 1. The highest BCUT2D eigenvalue weighted by molar-refractivity contribution is 6.30. The Bertz CT molecular complexity index is 400. The molecule has 0 bridgehead atoms. The first-order chi connectivity index (χ1) is 7.90. The van der Waals surface area contributed by atoms with Crippen LogP contribution >= 0.6 is 11.6 Å². The van der Waals surface area contributed by atoms with Crippen molar-refractivity contribution in [3.05, 3.63) is 34.4 Å². The molecule has 0 aliphatic rings. The summed E-state index contributed by atoms with van der Waals surface area (Å²) >= 11 is 5.57. The van der Waals surface area contributed by atoms with E-state index in [1.165, 1.54) is 0 Å². The van der Waals surface area contributed by atoms with Crippen LogP contribution in [-0.4, -0.2) is 11.2 Å². The fourth-order valence-electron chi connectivity index (χ4n) is 1.61. The molecule has 0 fully saturated rings. The van der Waals surface area contributed by atoms with Crippen molar-refractivity contribution in [1.82, 2.24) is 0 Å². The number of hydrogen-bond donors (Lipinski definition) is 2. The number of benzene rings is 1. The fourth-order valence-corrected chi connectivity index (χ4v) is 1.78. The molecule has 0 spiro atoms. The van der Waals surface area contributed by atoms with Gasteiger partial charge < -0.3 is 10.8 Å². The molecule has 3 atom stereocenters. The molecule has 1 aromatic rings. The lowest BCUT2D eigenvalue weighted by atomic mass is 9.91. The van der Waals surface area contributed by atoms with Crippen molar-refractivity contribution < 1.29 is 13.9 Å². The van der Waals surface area contributed by atoms with Gasteiger partial charge in [-0.25, -0.2) is 8.78 Å². The minimum absolute atomic E-state index is 0.150. The van der Waals surface area contributed by atoms with Gasteiger partial charge in [-0.1, -0.05) is 31.9 Å². The van der Waals surface area contributed by atoms with E-state index in [1.54, 1.807) is 6.92 Å². The quantitative estimate of drug-likeness (QED) is 0.821. The summed E-state index contributed by atoms with van der Waals surface area (Å²) in [6.45, 7) is 3.64. The van der Waals surface area contributed by atoms with E-state index in [9.17, 15) is 13.9 Å². The third-order valence-corrected chi connectivity index (χ3v) is 3.30. The third kappa shape index (κ3) is 2.94. The van der Waals surface area contributed by atoms with E-state index >= 15 is 0 Å². The summed E-state index contributed by atoms with van der Waals surface area (Å²) in [6, 6.07) is 1.05. The van der Waals surface area contributed by atoms with Gasteiger partial charge in [-0.2, -0.15) is 0 Å². The first kappa shape index (κ1) is 14.4. The summed E-state index contributed by atoms with van der Waals surface area (Å²) in [6.07, 6.45) is -0.346. The van der Waals surface area contributed by atoms with Gasteiger partial charge >= 0.3 is 0 Å². The number of hydrogen-bond acceptors (Lipinski definition) is 2. The number of halogens is 3. The van der Waals surface area contributed by atoms with Gasteiger partial charge in [-0.15, -0.1) is 0 Å². The van der Waals surface area contributed by atoms with Gasteiger partial charge in [0.25, 0.3) is 0 Å². The van der Waals surface area contributed by atoms with Crippen molar-refractivity contribution in [2.45, 2.75) is 32.4 Å². The minimum Gasteiger partial charge on any atom is -0.391 e. The Balaban J connectivity index is 3.11. The summed E-state index contributed by atoms with van der Waals surface area (Å²) in [5, 5.41) is 9.68.